The molecule has 0 aliphatic rings. The molecule has 5 nitrogen and oxygen atoms in total. The van der Waals surface area contributed by atoms with E-state index in [4.69, 9.17) is 4.42 Å². The van der Waals surface area contributed by atoms with Gasteiger partial charge < -0.3 is 9.73 Å². The van der Waals surface area contributed by atoms with E-state index >= 15 is 0 Å². The molecule has 0 amide bonds. The predicted octanol–water partition coefficient (Wildman–Crippen LogP) is 2.75. The van der Waals surface area contributed by atoms with Crippen molar-refractivity contribution in [3.8, 4) is 11.5 Å². The Hall–Kier alpha value is -1.05. The molecule has 1 aromatic carbocycles. The Bertz CT molecular complexity index is 618. The van der Waals surface area contributed by atoms with Gasteiger partial charge in [-0.15, -0.1) is 10.2 Å². The van der Waals surface area contributed by atoms with Crippen molar-refractivity contribution in [3.05, 3.63) is 34.6 Å². The Labute approximate surface area is 135 Å². The van der Waals surface area contributed by atoms with Crippen LogP contribution in [0, 0.1) is 0 Å². The minimum Gasteiger partial charge on any atom is -0.419 e. The molecule has 1 aromatic heterocycles. The van der Waals surface area contributed by atoms with E-state index in [1.54, 1.807) is 6.26 Å². The molecular weight excluding hydrogens is 354 g/mol. The Morgan fingerprint density at radius 1 is 1.38 bits per heavy atom. The maximum Gasteiger partial charge on any atom is 0.248 e. The number of nitrogens with one attached hydrogen (secondary N) is 1. The van der Waals surface area contributed by atoms with Crippen molar-refractivity contribution in [2.75, 3.05) is 12.0 Å². The van der Waals surface area contributed by atoms with Crippen molar-refractivity contribution in [2.45, 2.75) is 25.9 Å². The zero-order valence-corrected chi connectivity index (χ0v) is 14.4. The molecule has 0 saturated carbocycles. The molecular formula is C14H18BrN3O2S. The van der Waals surface area contributed by atoms with Crippen LogP contribution in [-0.4, -0.2) is 32.5 Å². The van der Waals surface area contributed by atoms with Crippen molar-refractivity contribution < 1.29 is 8.63 Å². The second-order valence-electron chi connectivity index (χ2n) is 4.83. The molecule has 2 unspecified atom stereocenters. The van der Waals surface area contributed by atoms with Gasteiger partial charge in [-0.1, -0.05) is 12.1 Å². The summed E-state index contributed by atoms with van der Waals surface area (Å²) >= 11 is 3.47. The first-order valence-corrected chi connectivity index (χ1v) is 9.19. The highest BCUT2D eigenvalue weighted by Gasteiger charge is 2.12. The minimum atomic E-state index is -0.754. The molecule has 0 aliphatic heterocycles. The van der Waals surface area contributed by atoms with Gasteiger partial charge in [0.15, 0.2) is 0 Å². The third-order valence-electron chi connectivity index (χ3n) is 3.01. The number of benzene rings is 1. The number of aromatic nitrogens is 2. The maximum absolute atomic E-state index is 11.1. The Kier molecular flexibility index (Phi) is 6.08. The van der Waals surface area contributed by atoms with Gasteiger partial charge in [-0.3, -0.25) is 4.21 Å². The van der Waals surface area contributed by atoms with E-state index in [2.05, 4.69) is 38.4 Å². The first-order chi connectivity index (χ1) is 10.1. The molecule has 2 atom stereocenters. The SMILES string of the molecule is CC(CCS(C)=O)NCc1nnc(-c2ccccc2Br)o1. The molecule has 0 spiro atoms. The Balaban J connectivity index is 1.92. The van der Waals surface area contributed by atoms with Crippen LogP contribution in [0.3, 0.4) is 0 Å². The van der Waals surface area contributed by atoms with Crippen LogP contribution in [0.5, 0.6) is 0 Å². The smallest absolute Gasteiger partial charge is 0.248 e. The van der Waals surface area contributed by atoms with Crippen molar-refractivity contribution in [2.24, 2.45) is 0 Å². The second-order valence-corrected chi connectivity index (χ2v) is 7.24. The maximum atomic E-state index is 11.1. The average molecular weight is 372 g/mol. The molecule has 0 bridgehead atoms. The van der Waals surface area contributed by atoms with Crippen LogP contribution in [-0.2, 0) is 17.3 Å². The molecule has 1 N–H and O–H groups in total. The molecule has 21 heavy (non-hydrogen) atoms. The molecule has 1 heterocycles. The third-order valence-corrected chi connectivity index (χ3v) is 4.51. The molecule has 7 heteroatoms. The van der Waals surface area contributed by atoms with Gasteiger partial charge in [0.05, 0.1) is 12.1 Å². The molecule has 0 radical (unpaired) electrons. The van der Waals surface area contributed by atoms with E-state index in [1.165, 1.54) is 0 Å². The first kappa shape index (κ1) is 16.3. The van der Waals surface area contributed by atoms with E-state index in [0.717, 1.165) is 16.5 Å². The van der Waals surface area contributed by atoms with Crippen LogP contribution < -0.4 is 5.32 Å². The fraction of sp³-hybridized carbons (Fsp3) is 0.429. The predicted molar refractivity (Wildman–Crippen MR) is 87.3 cm³/mol. The molecule has 0 aliphatic carbocycles. The summed E-state index contributed by atoms with van der Waals surface area (Å²) in [5.41, 5.74) is 0.880. The van der Waals surface area contributed by atoms with Crippen molar-refractivity contribution >= 4 is 26.7 Å². The van der Waals surface area contributed by atoms with E-state index in [9.17, 15) is 4.21 Å². The largest absolute Gasteiger partial charge is 0.419 e. The van der Waals surface area contributed by atoms with Gasteiger partial charge in [-0.25, -0.2) is 0 Å². The summed E-state index contributed by atoms with van der Waals surface area (Å²) < 4.78 is 17.6. The lowest BCUT2D eigenvalue weighted by atomic mass is 10.2. The Morgan fingerprint density at radius 2 is 2.14 bits per heavy atom. The van der Waals surface area contributed by atoms with Gasteiger partial charge in [-0.05, 0) is 41.4 Å². The van der Waals surface area contributed by atoms with Crippen molar-refractivity contribution in [1.82, 2.24) is 15.5 Å². The summed E-state index contributed by atoms with van der Waals surface area (Å²) in [4.78, 5) is 0. The summed E-state index contributed by atoms with van der Waals surface area (Å²) in [5, 5.41) is 11.4. The summed E-state index contributed by atoms with van der Waals surface area (Å²) in [6.45, 7) is 2.56. The quantitative estimate of drug-likeness (QED) is 0.810. The monoisotopic (exact) mass is 371 g/mol. The van der Waals surface area contributed by atoms with Gasteiger partial charge in [0.1, 0.15) is 0 Å². The summed E-state index contributed by atoms with van der Waals surface area (Å²) in [6, 6.07) is 7.98. The van der Waals surface area contributed by atoms with E-state index in [1.807, 2.05) is 24.3 Å². The van der Waals surface area contributed by atoms with Crippen LogP contribution in [0.4, 0.5) is 0 Å². The second kappa shape index (κ2) is 7.82. The highest BCUT2D eigenvalue weighted by atomic mass is 79.9. The number of hydrogen-bond donors (Lipinski definition) is 1. The lowest BCUT2D eigenvalue weighted by Crippen LogP contribution is -2.27. The van der Waals surface area contributed by atoms with Crippen molar-refractivity contribution in [3.63, 3.8) is 0 Å². The standard InChI is InChI=1S/C14H18BrN3O2S/c1-10(7-8-21(2)19)16-9-13-17-18-14(20-13)11-5-3-4-6-12(11)15/h3-6,10,16H,7-9H2,1-2H3. The first-order valence-electron chi connectivity index (χ1n) is 6.67. The third kappa shape index (κ3) is 5.01. The molecule has 114 valence electrons. The summed E-state index contributed by atoms with van der Waals surface area (Å²) in [6.07, 6.45) is 2.57. The summed E-state index contributed by atoms with van der Waals surface area (Å²) in [7, 11) is -0.754. The van der Waals surface area contributed by atoms with Crippen LogP contribution >= 0.6 is 15.9 Å². The van der Waals surface area contributed by atoms with Crippen LogP contribution in [0.2, 0.25) is 0 Å². The number of halogens is 1. The molecule has 0 fully saturated rings. The van der Waals surface area contributed by atoms with E-state index in [-0.39, 0.29) is 6.04 Å². The molecule has 2 aromatic rings. The number of hydrogen-bond acceptors (Lipinski definition) is 5. The highest BCUT2D eigenvalue weighted by Crippen LogP contribution is 2.26. The molecule has 2 rings (SSSR count). The Morgan fingerprint density at radius 3 is 2.86 bits per heavy atom. The fourth-order valence-electron chi connectivity index (χ4n) is 1.77. The normalized spacial score (nSPS) is 14.0. The zero-order valence-electron chi connectivity index (χ0n) is 12.0. The van der Waals surface area contributed by atoms with Crippen LogP contribution in [0.15, 0.2) is 33.2 Å². The topological polar surface area (TPSA) is 68.0 Å². The molecule has 0 saturated heterocycles. The average Bonchev–Trinajstić information content (AvgIpc) is 2.92. The lowest BCUT2D eigenvalue weighted by Gasteiger charge is -2.10. The highest BCUT2D eigenvalue weighted by molar-refractivity contribution is 9.10. The van der Waals surface area contributed by atoms with Gasteiger partial charge >= 0.3 is 0 Å². The van der Waals surface area contributed by atoms with Gasteiger partial charge in [0.25, 0.3) is 0 Å². The minimum absolute atomic E-state index is 0.257. The van der Waals surface area contributed by atoms with E-state index < -0.39 is 10.8 Å². The van der Waals surface area contributed by atoms with Gasteiger partial charge in [0, 0.05) is 33.3 Å². The summed E-state index contributed by atoms with van der Waals surface area (Å²) in [5.74, 6) is 1.74. The zero-order chi connectivity index (χ0) is 15.2. The number of rotatable bonds is 7. The van der Waals surface area contributed by atoms with Crippen LogP contribution in [0.25, 0.3) is 11.5 Å². The fourth-order valence-corrected chi connectivity index (χ4v) is 2.91. The van der Waals surface area contributed by atoms with Crippen LogP contribution in [0.1, 0.15) is 19.2 Å². The van der Waals surface area contributed by atoms with Gasteiger partial charge in [-0.2, -0.15) is 0 Å². The van der Waals surface area contributed by atoms with Crippen molar-refractivity contribution in [1.29, 1.82) is 0 Å². The lowest BCUT2D eigenvalue weighted by molar-refractivity contribution is 0.444. The van der Waals surface area contributed by atoms with E-state index in [0.29, 0.717) is 24.1 Å². The van der Waals surface area contributed by atoms with Gasteiger partial charge in [0.2, 0.25) is 11.8 Å². The number of nitrogens with zero attached hydrogens (tertiary/aromatic N) is 2.